The molecule has 0 bridgehead atoms. The Bertz CT molecular complexity index is 962. The summed E-state index contributed by atoms with van der Waals surface area (Å²) in [4.78, 5) is 41.3. The number of aromatic amines is 1. The van der Waals surface area contributed by atoms with Gasteiger partial charge in [-0.2, -0.15) is 0 Å². The van der Waals surface area contributed by atoms with Crippen molar-refractivity contribution < 1.29 is 14.4 Å². The molecule has 2 heterocycles. The topological polar surface area (TPSA) is 94.3 Å². The molecular formula is C22H26N4O3. The number of H-pyrrole nitrogens is 1. The molecule has 7 heteroatoms. The number of aromatic nitrogens is 1. The van der Waals surface area contributed by atoms with Crippen molar-refractivity contribution in [1.82, 2.24) is 20.5 Å². The van der Waals surface area contributed by atoms with Crippen LogP contribution >= 0.6 is 0 Å². The number of imide groups is 1. The van der Waals surface area contributed by atoms with Gasteiger partial charge >= 0.3 is 6.03 Å². The van der Waals surface area contributed by atoms with Crippen molar-refractivity contribution in [2.45, 2.75) is 44.6 Å². The second-order valence-electron chi connectivity index (χ2n) is 7.70. The molecule has 0 saturated carbocycles. The zero-order valence-corrected chi connectivity index (χ0v) is 16.4. The number of rotatable bonds is 7. The minimum Gasteiger partial charge on any atom is -0.361 e. The van der Waals surface area contributed by atoms with Gasteiger partial charge in [0, 0.05) is 30.1 Å². The number of fused-ring (bicyclic) bond motifs is 1. The largest absolute Gasteiger partial charge is 0.361 e. The lowest BCUT2D eigenvalue weighted by Gasteiger charge is -2.15. The number of nitrogens with zero attached hydrogens (tertiary/aromatic N) is 1. The van der Waals surface area contributed by atoms with Gasteiger partial charge in [0.05, 0.1) is 0 Å². The molecule has 1 unspecified atom stereocenters. The predicted molar refractivity (Wildman–Crippen MR) is 110 cm³/mol. The van der Waals surface area contributed by atoms with Gasteiger partial charge in [-0.15, -0.1) is 0 Å². The van der Waals surface area contributed by atoms with E-state index < -0.39 is 12.1 Å². The number of carbonyl (C=O) groups is 3. The normalized spacial score (nSPS) is 19.4. The van der Waals surface area contributed by atoms with Crippen LogP contribution in [-0.4, -0.2) is 46.9 Å². The van der Waals surface area contributed by atoms with E-state index in [1.165, 1.54) is 18.4 Å². The highest BCUT2D eigenvalue weighted by molar-refractivity contribution is 6.06. The van der Waals surface area contributed by atoms with Crippen LogP contribution in [-0.2, 0) is 16.0 Å². The van der Waals surface area contributed by atoms with E-state index in [-0.39, 0.29) is 18.4 Å². The summed E-state index contributed by atoms with van der Waals surface area (Å²) in [5.74, 6) is -0.664. The average molecular weight is 394 g/mol. The van der Waals surface area contributed by atoms with E-state index in [1.54, 1.807) is 0 Å². The Morgan fingerprint density at radius 1 is 1.21 bits per heavy atom. The van der Waals surface area contributed by atoms with Gasteiger partial charge in [0.2, 0.25) is 5.91 Å². The second kappa shape index (κ2) is 8.51. The van der Waals surface area contributed by atoms with Crippen LogP contribution in [0.3, 0.4) is 0 Å². The van der Waals surface area contributed by atoms with Crippen LogP contribution in [0.15, 0.2) is 42.1 Å². The molecular weight excluding hydrogens is 368 g/mol. The minimum atomic E-state index is -0.651. The summed E-state index contributed by atoms with van der Waals surface area (Å²) in [6.07, 6.45) is 9.99. The summed E-state index contributed by atoms with van der Waals surface area (Å²) in [5, 5.41) is 6.56. The van der Waals surface area contributed by atoms with Crippen LogP contribution in [0.5, 0.6) is 0 Å². The molecule has 1 saturated heterocycles. The maximum atomic E-state index is 12.7. The van der Waals surface area contributed by atoms with Gasteiger partial charge in [-0.25, -0.2) is 4.79 Å². The monoisotopic (exact) mass is 394 g/mol. The highest BCUT2D eigenvalue weighted by Gasteiger charge is 2.39. The first-order valence-corrected chi connectivity index (χ1v) is 10.2. The van der Waals surface area contributed by atoms with E-state index in [4.69, 9.17) is 0 Å². The summed E-state index contributed by atoms with van der Waals surface area (Å²) in [7, 11) is 0. The predicted octanol–water partition coefficient (Wildman–Crippen LogP) is 2.64. The quantitative estimate of drug-likeness (QED) is 0.498. The number of para-hydroxylation sites is 1. The molecule has 0 radical (unpaired) electrons. The summed E-state index contributed by atoms with van der Waals surface area (Å²) >= 11 is 0. The van der Waals surface area contributed by atoms with E-state index in [9.17, 15) is 14.4 Å². The van der Waals surface area contributed by atoms with Crippen molar-refractivity contribution in [1.29, 1.82) is 0 Å². The Labute approximate surface area is 169 Å². The number of urea groups is 1. The molecule has 7 nitrogen and oxygen atoms in total. The fourth-order valence-electron chi connectivity index (χ4n) is 4.08. The van der Waals surface area contributed by atoms with Gasteiger partial charge < -0.3 is 15.6 Å². The highest BCUT2D eigenvalue weighted by Crippen LogP contribution is 2.21. The van der Waals surface area contributed by atoms with Crippen molar-refractivity contribution >= 4 is 28.7 Å². The van der Waals surface area contributed by atoms with Crippen molar-refractivity contribution in [2.24, 2.45) is 0 Å². The minimum absolute atomic E-state index is 0.242. The zero-order valence-electron chi connectivity index (χ0n) is 16.4. The summed E-state index contributed by atoms with van der Waals surface area (Å²) in [6.45, 7) is 0.293. The molecule has 1 aromatic heterocycles. The lowest BCUT2D eigenvalue weighted by atomic mass is 9.97. The van der Waals surface area contributed by atoms with Crippen molar-refractivity contribution in [3.05, 3.63) is 47.7 Å². The van der Waals surface area contributed by atoms with Crippen LogP contribution in [0.4, 0.5) is 4.79 Å². The van der Waals surface area contributed by atoms with Gasteiger partial charge in [-0.05, 0) is 43.7 Å². The molecule has 2 aliphatic rings. The Morgan fingerprint density at radius 3 is 2.90 bits per heavy atom. The van der Waals surface area contributed by atoms with Gasteiger partial charge in [0.15, 0.2) is 0 Å². The SMILES string of the molecule is O=C(CN1C(=O)NC(Cc2c[nH]c3ccccc23)C1=O)NCCC1=CCCCC1. The van der Waals surface area contributed by atoms with Crippen LogP contribution in [0.2, 0.25) is 0 Å². The first kappa shape index (κ1) is 19.2. The van der Waals surface area contributed by atoms with Crippen LogP contribution < -0.4 is 10.6 Å². The Kier molecular flexibility index (Phi) is 5.64. The van der Waals surface area contributed by atoms with E-state index in [2.05, 4.69) is 21.7 Å². The average Bonchev–Trinajstić information content (AvgIpc) is 3.25. The lowest BCUT2D eigenvalue weighted by molar-refractivity contribution is -0.132. The Balaban J connectivity index is 1.30. The molecule has 0 spiro atoms. The molecule has 1 aromatic carbocycles. The van der Waals surface area contributed by atoms with E-state index in [0.717, 1.165) is 40.6 Å². The van der Waals surface area contributed by atoms with E-state index in [0.29, 0.717) is 13.0 Å². The first-order valence-electron chi connectivity index (χ1n) is 10.2. The molecule has 4 rings (SSSR count). The van der Waals surface area contributed by atoms with E-state index >= 15 is 0 Å². The number of hydrogen-bond donors (Lipinski definition) is 3. The molecule has 4 amide bonds. The fourth-order valence-corrected chi connectivity index (χ4v) is 4.08. The Morgan fingerprint density at radius 2 is 2.07 bits per heavy atom. The summed E-state index contributed by atoms with van der Waals surface area (Å²) in [6, 6.07) is 6.67. The first-order chi connectivity index (χ1) is 14.1. The van der Waals surface area contributed by atoms with Crippen LogP contribution in [0.25, 0.3) is 10.9 Å². The number of carbonyl (C=O) groups excluding carboxylic acids is 3. The van der Waals surface area contributed by atoms with Gasteiger partial charge in [-0.1, -0.05) is 29.8 Å². The summed E-state index contributed by atoms with van der Waals surface area (Å²) < 4.78 is 0. The third-order valence-corrected chi connectivity index (χ3v) is 5.66. The highest BCUT2D eigenvalue weighted by atomic mass is 16.2. The third kappa shape index (κ3) is 4.34. The maximum Gasteiger partial charge on any atom is 0.325 e. The molecule has 152 valence electrons. The standard InChI is InChI=1S/C22H26N4O3/c27-20(23-11-10-15-6-2-1-3-7-15)14-26-21(28)19(25-22(26)29)12-16-13-24-18-9-5-4-8-17(16)18/h4-6,8-9,13,19,24H,1-3,7,10-12,14H2,(H,23,27)(H,25,29). The van der Waals surface area contributed by atoms with Crippen LogP contribution in [0, 0.1) is 0 Å². The molecule has 1 aliphatic heterocycles. The third-order valence-electron chi connectivity index (χ3n) is 5.66. The smallest absolute Gasteiger partial charge is 0.325 e. The molecule has 3 N–H and O–H groups in total. The number of nitrogens with one attached hydrogen (secondary N) is 3. The molecule has 1 atom stereocenters. The summed E-state index contributed by atoms with van der Waals surface area (Å²) in [5.41, 5.74) is 3.33. The number of hydrogen-bond acceptors (Lipinski definition) is 3. The number of benzene rings is 1. The van der Waals surface area contributed by atoms with Crippen molar-refractivity contribution in [3.8, 4) is 0 Å². The number of amides is 4. The lowest BCUT2D eigenvalue weighted by Crippen LogP contribution is -2.41. The van der Waals surface area contributed by atoms with Gasteiger partial charge in [0.25, 0.3) is 5.91 Å². The van der Waals surface area contributed by atoms with Crippen LogP contribution in [0.1, 0.15) is 37.7 Å². The maximum absolute atomic E-state index is 12.7. The van der Waals surface area contributed by atoms with Gasteiger partial charge in [0.1, 0.15) is 12.6 Å². The number of allylic oxidation sites excluding steroid dienone is 1. The van der Waals surface area contributed by atoms with Gasteiger partial charge in [-0.3, -0.25) is 14.5 Å². The molecule has 29 heavy (non-hydrogen) atoms. The van der Waals surface area contributed by atoms with Crippen molar-refractivity contribution in [3.63, 3.8) is 0 Å². The molecule has 1 aliphatic carbocycles. The Hall–Kier alpha value is -3.09. The van der Waals surface area contributed by atoms with Crippen molar-refractivity contribution in [2.75, 3.05) is 13.1 Å². The molecule has 2 aromatic rings. The van der Waals surface area contributed by atoms with E-state index in [1.807, 2.05) is 30.5 Å². The molecule has 1 fully saturated rings. The fraction of sp³-hybridized carbons (Fsp3) is 0.409. The second-order valence-corrected chi connectivity index (χ2v) is 7.70. The zero-order chi connectivity index (χ0) is 20.2.